The highest BCUT2D eigenvalue weighted by atomic mass is 35.5. The molecule has 0 aromatic heterocycles. The molecule has 0 aliphatic heterocycles. The first-order valence-electron chi connectivity index (χ1n) is 1.87. The largest absolute Gasteiger partial charge is 0.356 e. The topological polar surface area (TPSA) is 18.5 Å². The summed E-state index contributed by atoms with van der Waals surface area (Å²) < 4.78 is 9.35. The summed E-state index contributed by atoms with van der Waals surface area (Å²) in [6.07, 6.45) is -0.0648. The lowest BCUT2D eigenvalue weighted by Crippen LogP contribution is -2.05. The van der Waals surface area contributed by atoms with E-state index in [-0.39, 0.29) is 31.1 Å². The Morgan fingerprint density at radius 2 is 1.25 bits per heavy atom. The van der Waals surface area contributed by atoms with Crippen molar-refractivity contribution < 1.29 is 9.47 Å². The highest BCUT2D eigenvalue weighted by molar-refractivity contribution is 5.85. The van der Waals surface area contributed by atoms with Gasteiger partial charge in [-0.25, -0.2) is 0 Å². The maximum absolute atomic E-state index is 4.68. The molecule has 0 heterocycles. The van der Waals surface area contributed by atoms with Gasteiger partial charge in [-0.05, 0) is 6.92 Å². The minimum atomic E-state index is -0.0648. The third-order valence-electron chi connectivity index (χ3n) is 0.664. The lowest BCUT2D eigenvalue weighted by molar-refractivity contribution is -0.0877. The molecule has 54 valence electrons. The second-order valence-electron chi connectivity index (χ2n) is 1.04. The van der Waals surface area contributed by atoms with E-state index in [9.17, 15) is 0 Å². The van der Waals surface area contributed by atoms with Gasteiger partial charge in [0.15, 0.2) is 6.29 Å². The van der Waals surface area contributed by atoms with E-state index in [1.807, 2.05) is 6.92 Å². The SMILES string of the molecule is COC(C)OC.Cl.Cl. The van der Waals surface area contributed by atoms with E-state index >= 15 is 0 Å². The molecule has 0 rings (SSSR count). The van der Waals surface area contributed by atoms with Gasteiger partial charge in [0, 0.05) is 14.2 Å². The molecule has 0 unspecified atom stereocenters. The molecule has 0 aliphatic carbocycles. The third kappa shape index (κ3) is 9.71. The Balaban J connectivity index is -0.000000125. The van der Waals surface area contributed by atoms with Crippen LogP contribution in [0.4, 0.5) is 0 Å². The van der Waals surface area contributed by atoms with Crippen molar-refractivity contribution in [1.82, 2.24) is 0 Å². The molecular formula is C4H12Cl2O2. The van der Waals surface area contributed by atoms with Crippen molar-refractivity contribution >= 4 is 24.8 Å². The van der Waals surface area contributed by atoms with E-state index in [1.165, 1.54) is 0 Å². The van der Waals surface area contributed by atoms with Crippen LogP contribution in [0.25, 0.3) is 0 Å². The van der Waals surface area contributed by atoms with Crippen LogP contribution in [0.3, 0.4) is 0 Å². The minimum absolute atomic E-state index is 0. The third-order valence-corrected chi connectivity index (χ3v) is 0.664. The fourth-order valence-electron chi connectivity index (χ4n) is 0.0962. The average molecular weight is 163 g/mol. The summed E-state index contributed by atoms with van der Waals surface area (Å²) >= 11 is 0. The standard InChI is InChI=1S/C4H10O2.2ClH/c1-4(5-2)6-3;;/h4H,1-3H3;2*1H. The van der Waals surface area contributed by atoms with E-state index in [4.69, 9.17) is 0 Å². The zero-order valence-electron chi connectivity index (χ0n) is 5.21. The van der Waals surface area contributed by atoms with E-state index in [0.717, 1.165) is 0 Å². The van der Waals surface area contributed by atoms with Gasteiger partial charge >= 0.3 is 0 Å². The van der Waals surface area contributed by atoms with Crippen LogP contribution in [0.15, 0.2) is 0 Å². The number of ether oxygens (including phenoxy) is 2. The van der Waals surface area contributed by atoms with Crippen molar-refractivity contribution in [2.45, 2.75) is 13.2 Å². The number of methoxy groups -OCH3 is 2. The first kappa shape index (κ1) is 15.8. The minimum Gasteiger partial charge on any atom is -0.356 e. The number of hydrogen-bond acceptors (Lipinski definition) is 2. The van der Waals surface area contributed by atoms with Gasteiger partial charge in [0.05, 0.1) is 0 Å². The monoisotopic (exact) mass is 162 g/mol. The summed E-state index contributed by atoms with van der Waals surface area (Å²) in [6.45, 7) is 1.83. The normalized spacial score (nSPS) is 7.50. The van der Waals surface area contributed by atoms with Crippen molar-refractivity contribution in [3.05, 3.63) is 0 Å². The van der Waals surface area contributed by atoms with Crippen LogP contribution >= 0.6 is 24.8 Å². The Morgan fingerprint density at radius 1 is 1.00 bits per heavy atom. The van der Waals surface area contributed by atoms with Gasteiger partial charge in [0.2, 0.25) is 0 Å². The van der Waals surface area contributed by atoms with Crippen molar-refractivity contribution in [2.24, 2.45) is 0 Å². The summed E-state index contributed by atoms with van der Waals surface area (Å²) in [5.74, 6) is 0. The molecule has 4 heteroatoms. The fourth-order valence-corrected chi connectivity index (χ4v) is 0.0962. The van der Waals surface area contributed by atoms with Crippen molar-refractivity contribution in [3.63, 3.8) is 0 Å². The van der Waals surface area contributed by atoms with Crippen LogP contribution in [0, 0.1) is 0 Å². The molecule has 0 aromatic carbocycles. The molecule has 0 aromatic rings. The van der Waals surface area contributed by atoms with Gasteiger partial charge in [0.1, 0.15) is 0 Å². The van der Waals surface area contributed by atoms with Gasteiger partial charge in [0.25, 0.3) is 0 Å². The van der Waals surface area contributed by atoms with Gasteiger partial charge in [-0.15, -0.1) is 24.8 Å². The predicted octanol–water partition coefficient (Wildman–Crippen LogP) is 1.47. The molecule has 0 atom stereocenters. The van der Waals surface area contributed by atoms with Gasteiger partial charge in [-0.2, -0.15) is 0 Å². The van der Waals surface area contributed by atoms with Gasteiger partial charge in [-0.1, -0.05) is 0 Å². The smallest absolute Gasteiger partial charge is 0.154 e. The Kier molecular flexibility index (Phi) is 20.7. The highest BCUT2D eigenvalue weighted by Gasteiger charge is 1.87. The van der Waals surface area contributed by atoms with E-state index in [0.29, 0.717) is 0 Å². The summed E-state index contributed by atoms with van der Waals surface area (Å²) in [5.41, 5.74) is 0. The Morgan fingerprint density at radius 3 is 1.25 bits per heavy atom. The van der Waals surface area contributed by atoms with Crippen molar-refractivity contribution in [1.29, 1.82) is 0 Å². The second-order valence-corrected chi connectivity index (χ2v) is 1.04. The maximum atomic E-state index is 4.68. The Bertz CT molecular complexity index is 31.2. The maximum Gasteiger partial charge on any atom is 0.154 e. The lowest BCUT2D eigenvalue weighted by atomic mass is 10.8. The van der Waals surface area contributed by atoms with Crippen LogP contribution < -0.4 is 0 Å². The van der Waals surface area contributed by atoms with Gasteiger partial charge in [-0.3, -0.25) is 0 Å². The number of halogens is 2. The molecule has 0 spiro atoms. The first-order chi connectivity index (χ1) is 2.81. The molecule has 2 nitrogen and oxygen atoms in total. The zero-order valence-corrected chi connectivity index (χ0v) is 6.84. The molecule has 0 aliphatic rings. The molecule has 0 saturated carbocycles. The molecule has 8 heavy (non-hydrogen) atoms. The van der Waals surface area contributed by atoms with E-state index in [1.54, 1.807) is 14.2 Å². The molecule has 0 saturated heterocycles. The molecule has 0 N–H and O–H groups in total. The quantitative estimate of drug-likeness (QED) is 0.574. The first-order valence-corrected chi connectivity index (χ1v) is 1.87. The number of rotatable bonds is 2. The average Bonchev–Trinajstić information content (AvgIpc) is 1.65. The summed E-state index contributed by atoms with van der Waals surface area (Å²) in [4.78, 5) is 0. The van der Waals surface area contributed by atoms with E-state index < -0.39 is 0 Å². The highest BCUT2D eigenvalue weighted by Crippen LogP contribution is 1.82. The predicted molar refractivity (Wildman–Crippen MR) is 38.0 cm³/mol. The Labute approximate surface area is 62.4 Å². The summed E-state index contributed by atoms with van der Waals surface area (Å²) in [5, 5.41) is 0. The number of hydrogen-bond donors (Lipinski definition) is 0. The Hall–Kier alpha value is 0.500. The van der Waals surface area contributed by atoms with Crippen LogP contribution in [0.5, 0.6) is 0 Å². The molecule has 0 radical (unpaired) electrons. The van der Waals surface area contributed by atoms with Crippen molar-refractivity contribution in [3.8, 4) is 0 Å². The molecular weight excluding hydrogens is 151 g/mol. The zero-order chi connectivity index (χ0) is 4.99. The second kappa shape index (κ2) is 10.5. The molecule has 0 fully saturated rings. The van der Waals surface area contributed by atoms with Gasteiger partial charge < -0.3 is 9.47 Å². The van der Waals surface area contributed by atoms with Crippen molar-refractivity contribution in [2.75, 3.05) is 14.2 Å². The molecule has 0 bridgehead atoms. The lowest BCUT2D eigenvalue weighted by Gasteiger charge is -2.03. The summed E-state index contributed by atoms with van der Waals surface area (Å²) in [6, 6.07) is 0. The summed E-state index contributed by atoms with van der Waals surface area (Å²) in [7, 11) is 3.21. The van der Waals surface area contributed by atoms with E-state index in [2.05, 4.69) is 9.47 Å². The molecule has 0 amide bonds. The van der Waals surface area contributed by atoms with Crippen LogP contribution in [0.2, 0.25) is 0 Å². The van der Waals surface area contributed by atoms with Crippen LogP contribution in [-0.2, 0) is 9.47 Å². The fraction of sp³-hybridized carbons (Fsp3) is 1.00. The van der Waals surface area contributed by atoms with Crippen LogP contribution in [-0.4, -0.2) is 20.5 Å². The van der Waals surface area contributed by atoms with Crippen LogP contribution in [0.1, 0.15) is 6.92 Å².